The summed E-state index contributed by atoms with van der Waals surface area (Å²) in [4.78, 5) is 3.24. The highest BCUT2D eigenvalue weighted by Crippen LogP contribution is 2.24. The molecule has 0 amide bonds. The van der Waals surface area contributed by atoms with Gasteiger partial charge in [-0.05, 0) is 52.0 Å². The van der Waals surface area contributed by atoms with E-state index in [0.29, 0.717) is 5.54 Å². The van der Waals surface area contributed by atoms with Gasteiger partial charge >= 0.3 is 0 Å². The van der Waals surface area contributed by atoms with E-state index in [2.05, 4.69) is 17.1 Å². The summed E-state index contributed by atoms with van der Waals surface area (Å²) in [5.74, 6) is 0.853. The minimum absolute atomic E-state index is 0.103. The second-order valence-electron chi connectivity index (χ2n) is 5.43. The van der Waals surface area contributed by atoms with Gasteiger partial charge in [0.2, 0.25) is 0 Å². The van der Waals surface area contributed by atoms with Crippen LogP contribution in [-0.2, 0) is 0 Å². The Balaban J connectivity index is 1.72. The lowest BCUT2D eigenvalue weighted by molar-refractivity contribution is 0.159. The number of nitrogens with zero attached hydrogens (tertiary/aromatic N) is 1. The van der Waals surface area contributed by atoms with Crippen molar-refractivity contribution >= 4 is 11.8 Å². The number of thioether (sulfide) groups is 1. The highest BCUT2D eigenvalue weighted by molar-refractivity contribution is 7.99. The molecule has 0 bridgehead atoms. The first kappa shape index (κ1) is 14.8. The number of benzene rings is 1. The Morgan fingerprint density at radius 2 is 2.00 bits per heavy atom. The number of piperidine rings is 1. The molecule has 1 aliphatic heterocycles. The first-order chi connectivity index (χ1) is 9.13. The summed E-state index contributed by atoms with van der Waals surface area (Å²) in [5.41, 5.74) is 0.301. The summed E-state index contributed by atoms with van der Waals surface area (Å²) in [6, 6.07) is 7.02. The van der Waals surface area contributed by atoms with Crippen LogP contribution in [0.2, 0.25) is 0 Å². The van der Waals surface area contributed by atoms with Gasteiger partial charge < -0.3 is 10.2 Å². The molecular weight excluding hydrogens is 259 g/mol. The van der Waals surface area contributed by atoms with E-state index >= 15 is 0 Å². The zero-order valence-corrected chi connectivity index (χ0v) is 12.6. The maximum Gasteiger partial charge on any atom is 0.136 e. The monoisotopic (exact) mass is 282 g/mol. The van der Waals surface area contributed by atoms with Crippen molar-refractivity contribution in [3.8, 4) is 0 Å². The second kappa shape index (κ2) is 6.73. The summed E-state index contributed by atoms with van der Waals surface area (Å²) in [5, 5.41) is 3.41. The van der Waals surface area contributed by atoms with Crippen molar-refractivity contribution in [3.63, 3.8) is 0 Å². The molecule has 0 unspecified atom stereocenters. The van der Waals surface area contributed by atoms with E-state index in [9.17, 15) is 4.39 Å². The standard InChI is InChI=1S/C15H23FN2S/c1-15(17-2)7-9-18(10-8-15)11-12-19-14-6-4-3-5-13(14)16/h3-6,17H,7-12H2,1-2H3. The Bertz CT molecular complexity index is 403. The van der Waals surface area contributed by atoms with E-state index in [-0.39, 0.29) is 5.82 Å². The average molecular weight is 282 g/mol. The van der Waals surface area contributed by atoms with Crippen LogP contribution in [0.3, 0.4) is 0 Å². The van der Waals surface area contributed by atoms with Crippen LogP contribution in [0.5, 0.6) is 0 Å². The first-order valence-electron chi connectivity index (χ1n) is 6.91. The number of likely N-dealkylation sites (tertiary alicyclic amines) is 1. The molecule has 0 aliphatic carbocycles. The quantitative estimate of drug-likeness (QED) is 0.836. The van der Waals surface area contributed by atoms with E-state index in [1.165, 1.54) is 18.9 Å². The number of rotatable bonds is 5. The van der Waals surface area contributed by atoms with Gasteiger partial charge in [0.05, 0.1) is 0 Å². The summed E-state index contributed by atoms with van der Waals surface area (Å²) in [7, 11) is 2.05. The first-order valence-corrected chi connectivity index (χ1v) is 7.90. The summed E-state index contributed by atoms with van der Waals surface area (Å²) >= 11 is 1.61. The lowest BCUT2D eigenvalue weighted by Gasteiger charge is -2.39. The van der Waals surface area contributed by atoms with E-state index in [1.807, 2.05) is 19.2 Å². The van der Waals surface area contributed by atoms with Crippen LogP contribution in [0.15, 0.2) is 29.2 Å². The summed E-state index contributed by atoms with van der Waals surface area (Å²) < 4.78 is 13.5. The second-order valence-corrected chi connectivity index (χ2v) is 6.57. The van der Waals surface area contributed by atoms with Gasteiger partial charge in [-0.2, -0.15) is 0 Å². The Labute approximate surface area is 119 Å². The molecule has 2 rings (SSSR count). The van der Waals surface area contributed by atoms with Crippen LogP contribution >= 0.6 is 11.8 Å². The van der Waals surface area contributed by atoms with Gasteiger partial charge in [0.15, 0.2) is 0 Å². The van der Waals surface area contributed by atoms with Crippen molar-refractivity contribution in [3.05, 3.63) is 30.1 Å². The fourth-order valence-electron chi connectivity index (χ4n) is 2.37. The van der Waals surface area contributed by atoms with Crippen molar-refractivity contribution in [1.82, 2.24) is 10.2 Å². The molecular formula is C15H23FN2S. The zero-order valence-electron chi connectivity index (χ0n) is 11.8. The van der Waals surface area contributed by atoms with Gasteiger partial charge in [-0.15, -0.1) is 11.8 Å². The Kier molecular flexibility index (Phi) is 5.25. The van der Waals surface area contributed by atoms with Crippen LogP contribution in [0.4, 0.5) is 4.39 Å². The number of halogens is 1. The molecule has 0 saturated carbocycles. The molecule has 4 heteroatoms. The van der Waals surface area contributed by atoms with Crippen molar-refractivity contribution in [2.24, 2.45) is 0 Å². The molecule has 0 radical (unpaired) electrons. The zero-order chi connectivity index (χ0) is 13.7. The Morgan fingerprint density at radius 1 is 1.32 bits per heavy atom. The van der Waals surface area contributed by atoms with E-state index in [4.69, 9.17) is 0 Å². The third-order valence-corrected chi connectivity index (χ3v) is 5.09. The van der Waals surface area contributed by atoms with Crippen molar-refractivity contribution in [2.45, 2.75) is 30.2 Å². The lowest BCUT2D eigenvalue weighted by Crippen LogP contribution is -2.50. The fraction of sp³-hybridized carbons (Fsp3) is 0.600. The highest BCUT2D eigenvalue weighted by Gasteiger charge is 2.27. The third kappa shape index (κ3) is 4.20. The van der Waals surface area contributed by atoms with Crippen molar-refractivity contribution in [1.29, 1.82) is 0 Å². The minimum atomic E-state index is -0.103. The molecule has 1 heterocycles. The van der Waals surface area contributed by atoms with Crippen LogP contribution in [0.1, 0.15) is 19.8 Å². The predicted molar refractivity (Wildman–Crippen MR) is 80.3 cm³/mol. The molecule has 1 saturated heterocycles. The van der Waals surface area contributed by atoms with E-state index in [1.54, 1.807) is 17.8 Å². The average Bonchev–Trinajstić information content (AvgIpc) is 2.43. The van der Waals surface area contributed by atoms with Crippen molar-refractivity contribution < 1.29 is 4.39 Å². The normalized spacial score (nSPS) is 19.5. The van der Waals surface area contributed by atoms with Gasteiger partial charge in [-0.25, -0.2) is 4.39 Å². The Hall–Kier alpha value is -0.580. The molecule has 0 spiro atoms. The molecule has 1 aliphatic rings. The molecule has 1 N–H and O–H groups in total. The minimum Gasteiger partial charge on any atom is -0.314 e. The highest BCUT2D eigenvalue weighted by atomic mass is 32.2. The van der Waals surface area contributed by atoms with Crippen LogP contribution in [-0.4, -0.2) is 42.9 Å². The smallest absolute Gasteiger partial charge is 0.136 e. The molecule has 106 valence electrons. The summed E-state index contributed by atoms with van der Waals surface area (Å²) in [6.45, 7) is 5.60. The fourth-order valence-corrected chi connectivity index (χ4v) is 3.32. The lowest BCUT2D eigenvalue weighted by atomic mass is 9.90. The van der Waals surface area contributed by atoms with Gasteiger partial charge in [0.1, 0.15) is 5.82 Å². The molecule has 1 fully saturated rings. The molecule has 1 aromatic carbocycles. The van der Waals surface area contributed by atoms with Gasteiger partial charge in [-0.1, -0.05) is 12.1 Å². The van der Waals surface area contributed by atoms with E-state index < -0.39 is 0 Å². The number of nitrogens with one attached hydrogen (secondary N) is 1. The van der Waals surface area contributed by atoms with E-state index in [0.717, 1.165) is 30.3 Å². The summed E-state index contributed by atoms with van der Waals surface area (Å²) in [6.07, 6.45) is 2.38. The molecule has 19 heavy (non-hydrogen) atoms. The van der Waals surface area contributed by atoms with Gasteiger partial charge in [0, 0.05) is 22.7 Å². The molecule has 1 aromatic rings. The van der Waals surface area contributed by atoms with Gasteiger partial charge in [0.25, 0.3) is 0 Å². The maximum absolute atomic E-state index is 13.5. The van der Waals surface area contributed by atoms with Crippen LogP contribution < -0.4 is 5.32 Å². The Morgan fingerprint density at radius 3 is 2.63 bits per heavy atom. The van der Waals surface area contributed by atoms with Crippen LogP contribution in [0.25, 0.3) is 0 Å². The SMILES string of the molecule is CNC1(C)CCN(CCSc2ccccc2F)CC1. The van der Waals surface area contributed by atoms with Crippen molar-refractivity contribution in [2.75, 3.05) is 32.4 Å². The largest absolute Gasteiger partial charge is 0.314 e. The number of hydrogen-bond donors (Lipinski definition) is 1. The number of hydrogen-bond acceptors (Lipinski definition) is 3. The molecule has 0 aromatic heterocycles. The van der Waals surface area contributed by atoms with Gasteiger partial charge in [-0.3, -0.25) is 0 Å². The molecule has 0 atom stereocenters. The predicted octanol–water partition coefficient (Wildman–Crippen LogP) is 2.99. The topological polar surface area (TPSA) is 15.3 Å². The molecule has 2 nitrogen and oxygen atoms in total. The maximum atomic E-state index is 13.5. The third-order valence-electron chi connectivity index (χ3n) is 4.06. The van der Waals surface area contributed by atoms with Crippen LogP contribution in [0, 0.1) is 5.82 Å².